The van der Waals surface area contributed by atoms with Crippen molar-refractivity contribution in [3.05, 3.63) is 28.7 Å². The van der Waals surface area contributed by atoms with Crippen LogP contribution in [0.3, 0.4) is 0 Å². The molecule has 6 heteroatoms. The minimum Gasteiger partial charge on any atom is -0.496 e. The highest BCUT2D eigenvalue weighted by atomic mass is 32.2. The summed E-state index contributed by atoms with van der Waals surface area (Å²) in [5, 5.41) is 8.88. The van der Waals surface area contributed by atoms with Crippen LogP contribution < -0.4 is 4.74 Å². The van der Waals surface area contributed by atoms with Gasteiger partial charge in [0.25, 0.3) is 0 Å². The van der Waals surface area contributed by atoms with Gasteiger partial charge in [0.1, 0.15) is 5.75 Å². The Balaban J connectivity index is 2.47. The SMILES string of the molecule is COc1cccc2c1C=C(CC(C)C(=O)O)S2(=O)=O. The van der Waals surface area contributed by atoms with Crippen LogP contribution in [-0.4, -0.2) is 26.6 Å². The number of carboxylic acid groups (broad SMARTS) is 1. The topological polar surface area (TPSA) is 80.7 Å². The zero-order valence-electron chi connectivity index (χ0n) is 10.6. The Morgan fingerprint density at radius 3 is 2.68 bits per heavy atom. The lowest BCUT2D eigenvalue weighted by atomic mass is 10.1. The lowest BCUT2D eigenvalue weighted by Crippen LogP contribution is -2.12. The van der Waals surface area contributed by atoms with Gasteiger partial charge in [-0.15, -0.1) is 0 Å². The summed E-state index contributed by atoms with van der Waals surface area (Å²) in [7, 11) is -2.12. The largest absolute Gasteiger partial charge is 0.496 e. The van der Waals surface area contributed by atoms with Crippen molar-refractivity contribution < 1.29 is 23.1 Å². The molecule has 0 radical (unpaired) electrons. The van der Waals surface area contributed by atoms with Crippen LogP contribution in [0.5, 0.6) is 5.75 Å². The summed E-state index contributed by atoms with van der Waals surface area (Å²) in [6.45, 7) is 1.49. The first-order valence-corrected chi connectivity index (χ1v) is 7.21. The second-order valence-corrected chi connectivity index (χ2v) is 6.40. The van der Waals surface area contributed by atoms with Crippen molar-refractivity contribution in [1.29, 1.82) is 0 Å². The molecule has 1 aromatic carbocycles. The van der Waals surface area contributed by atoms with E-state index < -0.39 is 21.7 Å². The van der Waals surface area contributed by atoms with Gasteiger partial charge in [0.15, 0.2) is 0 Å². The number of methoxy groups -OCH3 is 1. The van der Waals surface area contributed by atoms with Gasteiger partial charge in [-0.05, 0) is 24.6 Å². The average molecular weight is 282 g/mol. The molecule has 0 aliphatic carbocycles. The van der Waals surface area contributed by atoms with E-state index in [1.165, 1.54) is 26.2 Å². The van der Waals surface area contributed by atoms with Gasteiger partial charge >= 0.3 is 5.97 Å². The van der Waals surface area contributed by atoms with Gasteiger partial charge in [-0.3, -0.25) is 4.79 Å². The molecule has 0 saturated carbocycles. The number of benzene rings is 1. The quantitative estimate of drug-likeness (QED) is 0.912. The minimum absolute atomic E-state index is 0.0184. The molecule has 19 heavy (non-hydrogen) atoms. The van der Waals surface area contributed by atoms with Crippen LogP contribution in [0.1, 0.15) is 18.9 Å². The molecule has 1 heterocycles. The minimum atomic E-state index is -3.59. The molecule has 0 amide bonds. The van der Waals surface area contributed by atoms with Crippen molar-refractivity contribution in [1.82, 2.24) is 0 Å². The summed E-state index contributed by atoms with van der Waals surface area (Å²) in [6.07, 6.45) is 1.48. The van der Waals surface area contributed by atoms with E-state index in [0.717, 1.165) is 0 Å². The number of allylic oxidation sites excluding steroid dienone is 1. The third kappa shape index (κ3) is 2.23. The first-order chi connectivity index (χ1) is 8.87. The molecule has 1 aliphatic heterocycles. The summed E-state index contributed by atoms with van der Waals surface area (Å²) in [5.41, 5.74) is 0.498. The average Bonchev–Trinajstić information content (AvgIpc) is 2.61. The fraction of sp³-hybridized carbons (Fsp3) is 0.308. The van der Waals surface area contributed by atoms with E-state index in [-0.39, 0.29) is 16.2 Å². The molecular formula is C13H14O5S. The molecule has 0 spiro atoms. The molecule has 2 rings (SSSR count). The number of fused-ring (bicyclic) bond motifs is 1. The predicted octanol–water partition coefficient (Wildman–Crippen LogP) is 1.93. The maximum Gasteiger partial charge on any atom is 0.306 e. The summed E-state index contributed by atoms with van der Waals surface area (Å²) in [5.74, 6) is -1.29. The van der Waals surface area contributed by atoms with E-state index in [1.54, 1.807) is 12.1 Å². The van der Waals surface area contributed by atoms with Crippen molar-refractivity contribution in [3.63, 3.8) is 0 Å². The number of aliphatic carboxylic acids is 1. The molecule has 1 atom stereocenters. The smallest absolute Gasteiger partial charge is 0.306 e. The van der Waals surface area contributed by atoms with Gasteiger partial charge in [-0.25, -0.2) is 8.42 Å². The van der Waals surface area contributed by atoms with Gasteiger partial charge < -0.3 is 9.84 Å². The highest BCUT2D eigenvalue weighted by Crippen LogP contribution is 2.40. The molecule has 5 nitrogen and oxygen atoms in total. The van der Waals surface area contributed by atoms with Crippen molar-refractivity contribution in [2.45, 2.75) is 18.2 Å². The summed E-state index contributed by atoms with van der Waals surface area (Å²) < 4.78 is 29.7. The van der Waals surface area contributed by atoms with Crippen molar-refractivity contribution in [2.75, 3.05) is 7.11 Å². The van der Waals surface area contributed by atoms with Crippen LogP contribution in [0.4, 0.5) is 0 Å². The molecule has 0 fully saturated rings. The number of sulfone groups is 1. The number of hydrogen-bond donors (Lipinski definition) is 1. The lowest BCUT2D eigenvalue weighted by Gasteiger charge is -2.07. The van der Waals surface area contributed by atoms with Gasteiger partial charge in [0, 0.05) is 5.56 Å². The Morgan fingerprint density at radius 1 is 1.42 bits per heavy atom. The van der Waals surface area contributed by atoms with Gasteiger partial charge in [-0.2, -0.15) is 0 Å². The van der Waals surface area contributed by atoms with Crippen LogP contribution >= 0.6 is 0 Å². The number of hydrogen-bond acceptors (Lipinski definition) is 4. The van der Waals surface area contributed by atoms with E-state index >= 15 is 0 Å². The Hall–Kier alpha value is -1.82. The molecule has 0 aromatic heterocycles. The molecule has 102 valence electrons. The standard InChI is InChI=1S/C13H14O5S/c1-8(13(14)15)6-9-7-10-11(18-2)4-3-5-12(10)19(9,16)17/h3-5,7-8H,6H2,1-2H3,(H,14,15). The fourth-order valence-electron chi connectivity index (χ4n) is 2.02. The lowest BCUT2D eigenvalue weighted by molar-refractivity contribution is -0.141. The normalized spacial score (nSPS) is 17.5. The number of carbonyl (C=O) groups is 1. The van der Waals surface area contributed by atoms with Crippen LogP contribution in [0.25, 0.3) is 6.08 Å². The Labute approximate surface area is 111 Å². The maximum absolute atomic E-state index is 12.3. The summed E-state index contributed by atoms with van der Waals surface area (Å²) in [4.78, 5) is 11.2. The van der Waals surface area contributed by atoms with Crippen LogP contribution in [-0.2, 0) is 14.6 Å². The van der Waals surface area contributed by atoms with Crippen molar-refractivity contribution in [3.8, 4) is 5.75 Å². The highest BCUT2D eigenvalue weighted by molar-refractivity contribution is 7.95. The third-order valence-electron chi connectivity index (χ3n) is 3.11. The molecule has 0 bridgehead atoms. The molecule has 0 saturated heterocycles. The van der Waals surface area contributed by atoms with Gasteiger partial charge in [0.2, 0.25) is 9.84 Å². The van der Waals surface area contributed by atoms with Crippen molar-refractivity contribution in [2.24, 2.45) is 5.92 Å². The fourth-order valence-corrected chi connectivity index (χ4v) is 3.75. The second kappa shape index (κ2) is 4.70. The summed E-state index contributed by atoms with van der Waals surface area (Å²) >= 11 is 0. The van der Waals surface area contributed by atoms with Crippen LogP contribution in [0, 0.1) is 5.92 Å². The Bertz CT molecular complexity index is 658. The first kappa shape index (κ1) is 13.6. The zero-order chi connectivity index (χ0) is 14.2. The van der Waals surface area contributed by atoms with E-state index in [1.807, 2.05) is 0 Å². The Kier molecular flexibility index (Phi) is 3.36. The molecule has 1 N–H and O–H groups in total. The highest BCUT2D eigenvalue weighted by Gasteiger charge is 2.33. The molecular weight excluding hydrogens is 268 g/mol. The van der Waals surface area contributed by atoms with Crippen LogP contribution in [0.15, 0.2) is 28.0 Å². The van der Waals surface area contributed by atoms with E-state index in [4.69, 9.17) is 9.84 Å². The van der Waals surface area contributed by atoms with E-state index in [9.17, 15) is 13.2 Å². The third-order valence-corrected chi connectivity index (χ3v) is 5.02. The molecule has 1 aliphatic rings. The zero-order valence-corrected chi connectivity index (χ0v) is 11.4. The molecule has 1 unspecified atom stereocenters. The second-order valence-electron chi connectivity index (χ2n) is 4.43. The maximum atomic E-state index is 12.3. The van der Waals surface area contributed by atoms with Crippen molar-refractivity contribution >= 4 is 21.9 Å². The predicted molar refractivity (Wildman–Crippen MR) is 69.6 cm³/mol. The number of ether oxygens (including phenoxy) is 1. The molecule has 1 aromatic rings. The first-order valence-electron chi connectivity index (χ1n) is 5.73. The van der Waals surface area contributed by atoms with Gasteiger partial charge in [0.05, 0.1) is 22.8 Å². The number of rotatable bonds is 4. The van der Waals surface area contributed by atoms with Crippen LogP contribution in [0.2, 0.25) is 0 Å². The number of carboxylic acids is 1. The Morgan fingerprint density at radius 2 is 2.11 bits per heavy atom. The summed E-state index contributed by atoms with van der Waals surface area (Å²) in [6, 6.07) is 4.78. The van der Waals surface area contributed by atoms with E-state index in [0.29, 0.717) is 11.3 Å². The van der Waals surface area contributed by atoms with E-state index in [2.05, 4.69) is 0 Å². The van der Waals surface area contributed by atoms with Gasteiger partial charge in [-0.1, -0.05) is 13.0 Å². The monoisotopic (exact) mass is 282 g/mol.